The van der Waals surface area contributed by atoms with Crippen molar-refractivity contribution in [1.29, 1.82) is 0 Å². The van der Waals surface area contributed by atoms with Crippen molar-refractivity contribution in [3.63, 3.8) is 0 Å². The van der Waals surface area contributed by atoms with Gasteiger partial charge in [0.1, 0.15) is 6.10 Å². The highest BCUT2D eigenvalue weighted by Gasteiger charge is 2.52. The summed E-state index contributed by atoms with van der Waals surface area (Å²) in [6.07, 6.45) is 11.4. The van der Waals surface area contributed by atoms with Crippen molar-refractivity contribution in [1.82, 2.24) is 4.98 Å². The fourth-order valence-electron chi connectivity index (χ4n) is 7.25. The third-order valence-electron chi connectivity index (χ3n) is 8.74. The molecule has 6 rings (SSSR count). The predicted molar refractivity (Wildman–Crippen MR) is 122 cm³/mol. The molecule has 1 N–H and O–H groups in total. The fourth-order valence-corrected chi connectivity index (χ4v) is 8.10. The zero-order chi connectivity index (χ0) is 21.6. The zero-order valence-electron chi connectivity index (χ0n) is 18.9. The summed E-state index contributed by atoms with van der Waals surface area (Å²) >= 11 is 1.53. The SMILES string of the molecule is CC1CCC(OC(=O)CCC(=O)Nc2nc(C34CC5CC(CC(C5)C3)C4)cs2)CC1C. The molecule has 0 saturated heterocycles. The van der Waals surface area contributed by atoms with Gasteiger partial charge in [0, 0.05) is 17.2 Å². The van der Waals surface area contributed by atoms with Gasteiger partial charge < -0.3 is 10.1 Å². The number of carbonyl (C=O) groups excluding carboxylic acids is 2. The maximum atomic E-state index is 12.4. The largest absolute Gasteiger partial charge is 0.462 e. The maximum Gasteiger partial charge on any atom is 0.306 e. The quantitative estimate of drug-likeness (QED) is 0.572. The number of amides is 1. The van der Waals surface area contributed by atoms with Crippen LogP contribution in [0.25, 0.3) is 0 Å². The molecule has 1 amide bonds. The second-order valence-corrected chi connectivity index (χ2v) is 12.0. The van der Waals surface area contributed by atoms with Gasteiger partial charge in [-0.25, -0.2) is 4.98 Å². The summed E-state index contributed by atoms with van der Waals surface area (Å²) in [5.41, 5.74) is 1.46. The first kappa shape index (κ1) is 21.4. The summed E-state index contributed by atoms with van der Waals surface area (Å²) in [6.45, 7) is 4.49. The molecule has 5 aliphatic carbocycles. The van der Waals surface area contributed by atoms with Crippen molar-refractivity contribution in [2.75, 3.05) is 5.32 Å². The lowest BCUT2D eigenvalue weighted by Crippen LogP contribution is -2.48. The van der Waals surface area contributed by atoms with Crippen molar-refractivity contribution >= 4 is 28.3 Å². The van der Waals surface area contributed by atoms with E-state index < -0.39 is 0 Å². The summed E-state index contributed by atoms with van der Waals surface area (Å²) in [4.78, 5) is 29.5. The van der Waals surface area contributed by atoms with E-state index in [1.165, 1.54) is 55.6 Å². The van der Waals surface area contributed by atoms with Gasteiger partial charge in [-0.2, -0.15) is 0 Å². The van der Waals surface area contributed by atoms with Gasteiger partial charge in [0.2, 0.25) is 5.91 Å². The normalized spacial score (nSPS) is 38.8. The lowest BCUT2D eigenvalue weighted by atomic mass is 9.49. The molecule has 0 spiro atoms. The van der Waals surface area contributed by atoms with Gasteiger partial charge in [-0.15, -0.1) is 11.3 Å². The van der Waals surface area contributed by atoms with Gasteiger partial charge in [-0.1, -0.05) is 13.8 Å². The lowest BCUT2D eigenvalue weighted by molar-refractivity contribution is -0.152. The second kappa shape index (κ2) is 8.49. The van der Waals surface area contributed by atoms with Gasteiger partial charge in [-0.05, 0) is 87.4 Å². The Hall–Kier alpha value is -1.43. The number of thiazole rings is 1. The van der Waals surface area contributed by atoms with Crippen LogP contribution in [0.15, 0.2) is 5.38 Å². The molecule has 5 nitrogen and oxygen atoms in total. The molecule has 1 heterocycles. The van der Waals surface area contributed by atoms with Gasteiger partial charge in [-0.3, -0.25) is 9.59 Å². The number of nitrogens with one attached hydrogen (secondary N) is 1. The van der Waals surface area contributed by atoms with Crippen LogP contribution in [-0.2, 0) is 19.7 Å². The van der Waals surface area contributed by atoms with E-state index in [4.69, 9.17) is 9.72 Å². The Balaban J connectivity index is 1.10. The third-order valence-corrected chi connectivity index (χ3v) is 9.49. The Bertz CT molecular complexity index is 799. The summed E-state index contributed by atoms with van der Waals surface area (Å²) in [5, 5.41) is 5.78. The molecule has 1 aromatic heterocycles. The van der Waals surface area contributed by atoms with E-state index in [-0.39, 0.29) is 36.2 Å². The molecule has 6 heteroatoms. The van der Waals surface area contributed by atoms with E-state index in [1.807, 2.05) is 0 Å². The molecule has 1 aromatic rings. The Kier molecular flexibility index (Phi) is 5.87. The minimum Gasteiger partial charge on any atom is -0.462 e. The zero-order valence-corrected chi connectivity index (χ0v) is 19.7. The van der Waals surface area contributed by atoms with E-state index in [0.29, 0.717) is 17.0 Å². The molecule has 3 unspecified atom stereocenters. The van der Waals surface area contributed by atoms with Crippen LogP contribution in [0.4, 0.5) is 5.13 Å². The minimum atomic E-state index is -0.254. The first-order valence-corrected chi connectivity index (χ1v) is 13.2. The van der Waals surface area contributed by atoms with Crippen LogP contribution in [0.1, 0.15) is 90.2 Å². The van der Waals surface area contributed by atoms with Crippen molar-refractivity contribution in [2.45, 2.75) is 96.0 Å². The maximum absolute atomic E-state index is 12.4. The molecular weight excluding hydrogens is 408 g/mol. The fraction of sp³-hybridized carbons (Fsp3) is 0.800. The highest BCUT2D eigenvalue weighted by molar-refractivity contribution is 7.13. The Morgan fingerprint density at radius 2 is 1.71 bits per heavy atom. The number of anilines is 1. The number of ether oxygens (including phenoxy) is 1. The number of carbonyl (C=O) groups is 2. The molecule has 0 aromatic carbocycles. The van der Waals surface area contributed by atoms with Crippen LogP contribution >= 0.6 is 11.3 Å². The monoisotopic (exact) mass is 444 g/mol. The van der Waals surface area contributed by atoms with Gasteiger partial charge in [0.15, 0.2) is 5.13 Å². The average Bonchev–Trinajstić information content (AvgIpc) is 3.18. The lowest BCUT2D eigenvalue weighted by Gasteiger charge is -2.56. The second-order valence-electron chi connectivity index (χ2n) is 11.2. The Morgan fingerprint density at radius 1 is 1.03 bits per heavy atom. The molecule has 31 heavy (non-hydrogen) atoms. The molecule has 4 bridgehead atoms. The van der Waals surface area contributed by atoms with Crippen molar-refractivity contribution in [3.8, 4) is 0 Å². The predicted octanol–water partition coefficient (Wildman–Crippen LogP) is 5.70. The van der Waals surface area contributed by atoms with Crippen LogP contribution in [0.2, 0.25) is 0 Å². The van der Waals surface area contributed by atoms with E-state index in [1.54, 1.807) is 0 Å². The van der Waals surface area contributed by atoms with Crippen molar-refractivity contribution in [3.05, 3.63) is 11.1 Å². The average molecular weight is 445 g/mol. The molecule has 0 aliphatic heterocycles. The molecule has 5 aliphatic rings. The Morgan fingerprint density at radius 3 is 2.35 bits per heavy atom. The van der Waals surface area contributed by atoms with E-state index >= 15 is 0 Å². The number of nitrogens with zero attached hydrogens (tertiary/aromatic N) is 1. The summed E-state index contributed by atoms with van der Waals surface area (Å²) in [6, 6.07) is 0. The molecular formula is C25H36N2O3S. The van der Waals surface area contributed by atoms with Crippen LogP contribution < -0.4 is 5.32 Å². The summed E-state index contributed by atoms with van der Waals surface area (Å²) < 4.78 is 5.62. The van der Waals surface area contributed by atoms with Gasteiger partial charge >= 0.3 is 5.97 Å². The van der Waals surface area contributed by atoms with Crippen LogP contribution in [0.5, 0.6) is 0 Å². The highest BCUT2D eigenvalue weighted by Crippen LogP contribution is 2.60. The van der Waals surface area contributed by atoms with Crippen LogP contribution in [0, 0.1) is 29.6 Å². The molecule has 0 radical (unpaired) electrons. The highest BCUT2D eigenvalue weighted by atomic mass is 32.1. The number of aromatic nitrogens is 1. The molecule has 5 saturated carbocycles. The van der Waals surface area contributed by atoms with Crippen molar-refractivity contribution < 1.29 is 14.3 Å². The third kappa shape index (κ3) is 4.55. The summed E-state index contributed by atoms with van der Waals surface area (Å²) in [5.74, 6) is 3.53. The Labute approximate surface area is 189 Å². The first-order valence-electron chi connectivity index (χ1n) is 12.3. The van der Waals surface area contributed by atoms with Crippen molar-refractivity contribution in [2.24, 2.45) is 29.6 Å². The van der Waals surface area contributed by atoms with Gasteiger partial charge in [0.05, 0.1) is 12.1 Å². The first-order chi connectivity index (χ1) is 14.9. The van der Waals surface area contributed by atoms with Crippen LogP contribution in [0.3, 0.4) is 0 Å². The number of hydrogen-bond acceptors (Lipinski definition) is 5. The number of esters is 1. The topological polar surface area (TPSA) is 68.3 Å². The number of rotatable bonds is 6. The molecule has 5 fully saturated rings. The van der Waals surface area contributed by atoms with E-state index in [2.05, 4.69) is 24.5 Å². The number of hydrogen-bond donors (Lipinski definition) is 1. The molecule has 3 atom stereocenters. The standard InChI is InChI=1S/C25H36N2O3S/c1-15-3-4-20(7-16(15)2)30-23(29)6-5-22(28)27-24-26-21(14-31-24)25-11-17-8-18(12-25)10-19(9-17)13-25/h14-20H,3-13H2,1-2H3,(H,26,27,28). The minimum absolute atomic E-state index is 0.0172. The smallest absolute Gasteiger partial charge is 0.306 e. The van der Waals surface area contributed by atoms with E-state index in [9.17, 15) is 9.59 Å². The van der Waals surface area contributed by atoms with Crippen LogP contribution in [-0.4, -0.2) is 23.0 Å². The molecule has 170 valence electrons. The van der Waals surface area contributed by atoms with Gasteiger partial charge in [0.25, 0.3) is 0 Å². The van der Waals surface area contributed by atoms with E-state index in [0.717, 1.165) is 37.0 Å². The summed E-state index contributed by atoms with van der Waals surface area (Å²) in [7, 11) is 0.